The average Bonchev–Trinajstić information content (AvgIpc) is 2.97. The van der Waals surface area contributed by atoms with Crippen LogP contribution in [0.5, 0.6) is 0 Å². The summed E-state index contributed by atoms with van der Waals surface area (Å²) in [5.41, 5.74) is 1.75. The fourth-order valence-corrected chi connectivity index (χ4v) is 1.86. The van der Waals surface area contributed by atoms with Gasteiger partial charge in [0.25, 0.3) is 5.91 Å². The normalized spacial score (nSPS) is 12.0. The van der Waals surface area contributed by atoms with Gasteiger partial charge in [-0.15, -0.1) is 0 Å². The van der Waals surface area contributed by atoms with Crippen LogP contribution in [-0.4, -0.2) is 34.2 Å². The first-order chi connectivity index (χ1) is 10.5. The van der Waals surface area contributed by atoms with Gasteiger partial charge >= 0.3 is 5.97 Å². The summed E-state index contributed by atoms with van der Waals surface area (Å²) in [5, 5.41) is 9.40. The van der Waals surface area contributed by atoms with E-state index in [4.69, 9.17) is 4.74 Å². The summed E-state index contributed by atoms with van der Waals surface area (Å²) in [6, 6.07) is 11.1. The average molecular weight is 301 g/mol. The minimum Gasteiger partial charge on any atom is -0.448 e. The summed E-state index contributed by atoms with van der Waals surface area (Å²) >= 11 is 0. The maximum Gasteiger partial charge on any atom is 0.357 e. The van der Waals surface area contributed by atoms with Gasteiger partial charge in [-0.25, -0.2) is 4.79 Å². The molecule has 2 rings (SSSR count). The van der Waals surface area contributed by atoms with Crippen molar-refractivity contribution in [3.63, 3.8) is 0 Å². The molecule has 1 amide bonds. The van der Waals surface area contributed by atoms with Crippen LogP contribution in [0.25, 0.3) is 11.3 Å². The molecule has 1 aromatic carbocycles. The van der Waals surface area contributed by atoms with Crippen molar-refractivity contribution in [2.75, 3.05) is 0 Å². The predicted molar refractivity (Wildman–Crippen MR) is 82.2 cm³/mol. The van der Waals surface area contributed by atoms with E-state index in [9.17, 15) is 9.59 Å². The molecular weight excluding hydrogens is 282 g/mol. The van der Waals surface area contributed by atoms with Crippen LogP contribution in [0, 0.1) is 0 Å². The summed E-state index contributed by atoms with van der Waals surface area (Å²) in [4.78, 5) is 23.7. The van der Waals surface area contributed by atoms with Crippen LogP contribution in [0.1, 0.15) is 31.3 Å². The molecule has 0 saturated heterocycles. The van der Waals surface area contributed by atoms with E-state index in [1.807, 2.05) is 44.2 Å². The van der Waals surface area contributed by atoms with Crippen LogP contribution >= 0.6 is 0 Å². The van der Waals surface area contributed by atoms with Crippen molar-refractivity contribution < 1.29 is 14.3 Å². The topological polar surface area (TPSA) is 84.1 Å². The first kappa shape index (κ1) is 15.8. The number of benzene rings is 1. The Labute approximate surface area is 128 Å². The van der Waals surface area contributed by atoms with Gasteiger partial charge in [-0.3, -0.25) is 9.89 Å². The molecule has 1 aromatic heterocycles. The number of nitrogens with zero attached hydrogens (tertiary/aromatic N) is 1. The van der Waals surface area contributed by atoms with Gasteiger partial charge in [-0.1, -0.05) is 30.3 Å². The van der Waals surface area contributed by atoms with Gasteiger partial charge in [-0.05, 0) is 26.8 Å². The molecule has 2 N–H and O–H groups in total. The SMILES string of the molecule is CC(C)NC(=O)[C@@H](C)OC(=O)c1cc(-c2ccccc2)n[nH]1. The Morgan fingerprint density at radius 3 is 2.50 bits per heavy atom. The third-order valence-electron chi connectivity index (χ3n) is 2.95. The first-order valence-corrected chi connectivity index (χ1v) is 7.09. The molecule has 0 radical (unpaired) electrons. The van der Waals surface area contributed by atoms with Crippen LogP contribution in [-0.2, 0) is 9.53 Å². The molecule has 0 saturated carbocycles. The number of carbonyl (C=O) groups is 2. The monoisotopic (exact) mass is 301 g/mol. The maximum atomic E-state index is 12.0. The lowest BCUT2D eigenvalue weighted by atomic mass is 10.1. The molecule has 0 spiro atoms. The van der Waals surface area contributed by atoms with Gasteiger partial charge in [-0.2, -0.15) is 5.10 Å². The van der Waals surface area contributed by atoms with Crippen LogP contribution in [0.4, 0.5) is 0 Å². The zero-order valence-electron chi connectivity index (χ0n) is 12.8. The van der Waals surface area contributed by atoms with E-state index in [2.05, 4.69) is 15.5 Å². The number of H-pyrrole nitrogens is 1. The highest BCUT2D eigenvalue weighted by Gasteiger charge is 2.20. The Hall–Kier alpha value is -2.63. The van der Waals surface area contributed by atoms with Crippen LogP contribution in [0.2, 0.25) is 0 Å². The molecule has 1 atom stereocenters. The number of hydrogen-bond acceptors (Lipinski definition) is 4. The van der Waals surface area contributed by atoms with E-state index < -0.39 is 12.1 Å². The minimum atomic E-state index is -0.863. The Morgan fingerprint density at radius 1 is 1.18 bits per heavy atom. The van der Waals surface area contributed by atoms with Gasteiger partial charge in [0, 0.05) is 11.6 Å². The maximum absolute atomic E-state index is 12.0. The first-order valence-electron chi connectivity index (χ1n) is 7.09. The van der Waals surface area contributed by atoms with Gasteiger partial charge in [0.1, 0.15) is 5.69 Å². The molecule has 6 heteroatoms. The van der Waals surface area contributed by atoms with E-state index in [0.717, 1.165) is 5.56 Å². The van der Waals surface area contributed by atoms with Gasteiger partial charge in [0.15, 0.2) is 6.10 Å². The van der Waals surface area contributed by atoms with Gasteiger partial charge < -0.3 is 10.1 Å². The van der Waals surface area contributed by atoms with Gasteiger partial charge in [0.05, 0.1) is 5.69 Å². The molecule has 2 aromatic rings. The number of nitrogens with one attached hydrogen (secondary N) is 2. The minimum absolute atomic E-state index is 0.00881. The summed E-state index contributed by atoms with van der Waals surface area (Å²) in [5.74, 6) is -0.938. The zero-order valence-corrected chi connectivity index (χ0v) is 12.8. The van der Waals surface area contributed by atoms with Crippen LogP contribution < -0.4 is 5.32 Å². The molecule has 1 heterocycles. The number of ether oxygens (including phenoxy) is 1. The summed E-state index contributed by atoms with van der Waals surface area (Å²) in [7, 11) is 0. The van der Waals surface area contributed by atoms with Crippen molar-refractivity contribution in [2.45, 2.75) is 32.9 Å². The third kappa shape index (κ3) is 3.94. The lowest BCUT2D eigenvalue weighted by Gasteiger charge is -2.14. The highest BCUT2D eigenvalue weighted by Crippen LogP contribution is 2.17. The van der Waals surface area contributed by atoms with Crippen molar-refractivity contribution in [3.8, 4) is 11.3 Å². The summed E-state index contributed by atoms with van der Waals surface area (Å²) in [6.45, 7) is 5.21. The number of rotatable bonds is 5. The molecule has 116 valence electrons. The van der Waals surface area contributed by atoms with Crippen molar-refractivity contribution in [1.82, 2.24) is 15.5 Å². The summed E-state index contributed by atoms with van der Waals surface area (Å²) < 4.78 is 5.13. The van der Waals surface area contributed by atoms with Crippen molar-refractivity contribution in [2.24, 2.45) is 0 Å². The number of esters is 1. The number of aromatic nitrogens is 2. The van der Waals surface area contributed by atoms with Crippen molar-refractivity contribution in [3.05, 3.63) is 42.1 Å². The number of hydrogen-bond donors (Lipinski definition) is 2. The fourth-order valence-electron chi connectivity index (χ4n) is 1.86. The Morgan fingerprint density at radius 2 is 1.86 bits per heavy atom. The van der Waals surface area contributed by atoms with E-state index >= 15 is 0 Å². The number of aromatic amines is 1. The second-order valence-corrected chi connectivity index (χ2v) is 5.24. The van der Waals surface area contributed by atoms with Crippen LogP contribution in [0.15, 0.2) is 36.4 Å². The highest BCUT2D eigenvalue weighted by atomic mass is 16.5. The van der Waals surface area contributed by atoms with E-state index in [0.29, 0.717) is 5.69 Å². The molecule has 0 aliphatic heterocycles. The molecule has 0 fully saturated rings. The Kier molecular flexibility index (Phi) is 4.93. The second-order valence-electron chi connectivity index (χ2n) is 5.24. The molecule has 0 bridgehead atoms. The molecule has 0 unspecified atom stereocenters. The summed E-state index contributed by atoms with van der Waals surface area (Å²) in [6.07, 6.45) is -0.863. The molecular formula is C16H19N3O3. The number of amides is 1. The molecule has 6 nitrogen and oxygen atoms in total. The zero-order chi connectivity index (χ0) is 16.1. The van der Waals surface area contributed by atoms with E-state index in [1.54, 1.807) is 6.07 Å². The van der Waals surface area contributed by atoms with Crippen molar-refractivity contribution >= 4 is 11.9 Å². The largest absolute Gasteiger partial charge is 0.448 e. The molecule has 22 heavy (non-hydrogen) atoms. The standard InChI is InChI=1S/C16H19N3O3/c1-10(2)17-15(20)11(3)22-16(21)14-9-13(18-19-14)12-7-5-4-6-8-12/h4-11H,1-3H3,(H,17,20)(H,18,19)/t11-/m1/s1. The second kappa shape index (κ2) is 6.89. The lowest BCUT2D eigenvalue weighted by molar-refractivity contribution is -0.129. The Bertz CT molecular complexity index is 650. The molecule has 0 aliphatic rings. The Balaban J connectivity index is 2.02. The number of carbonyl (C=O) groups excluding carboxylic acids is 2. The predicted octanol–water partition coefficient (Wildman–Crippen LogP) is 2.15. The van der Waals surface area contributed by atoms with Gasteiger partial charge in [0.2, 0.25) is 0 Å². The molecule has 0 aliphatic carbocycles. The van der Waals surface area contributed by atoms with E-state index in [1.165, 1.54) is 6.92 Å². The van der Waals surface area contributed by atoms with Crippen LogP contribution in [0.3, 0.4) is 0 Å². The smallest absolute Gasteiger partial charge is 0.357 e. The quantitative estimate of drug-likeness (QED) is 0.829. The van der Waals surface area contributed by atoms with E-state index in [-0.39, 0.29) is 17.6 Å². The fraction of sp³-hybridized carbons (Fsp3) is 0.312. The lowest BCUT2D eigenvalue weighted by Crippen LogP contribution is -2.39. The highest BCUT2D eigenvalue weighted by molar-refractivity contribution is 5.91. The van der Waals surface area contributed by atoms with Crippen molar-refractivity contribution in [1.29, 1.82) is 0 Å². The third-order valence-corrected chi connectivity index (χ3v) is 2.95.